The third-order valence-corrected chi connectivity index (χ3v) is 3.44. The predicted octanol–water partition coefficient (Wildman–Crippen LogP) is 6.28. The zero-order chi connectivity index (χ0) is 29.2. The SMILES string of the molecule is CC(C)N=C([N-]C(C)C)N(C)C.CC(C)N=C([N-]C(C)C)N(C)C.CC(C)N=C([N-]C(C)C)N(C)C.[Sc+3]. The van der Waals surface area contributed by atoms with Crippen molar-refractivity contribution in [1.29, 1.82) is 0 Å². The Labute approximate surface area is 250 Å². The van der Waals surface area contributed by atoms with Crippen molar-refractivity contribution in [2.45, 2.75) is 119 Å². The molecule has 0 spiro atoms. The molecule has 0 saturated carbocycles. The van der Waals surface area contributed by atoms with Crippen molar-refractivity contribution in [3.05, 3.63) is 16.0 Å². The van der Waals surface area contributed by atoms with Gasteiger partial charge in [-0.1, -0.05) is 83.1 Å². The van der Waals surface area contributed by atoms with E-state index >= 15 is 0 Å². The first-order chi connectivity index (χ1) is 16.3. The third-order valence-electron chi connectivity index (χ3n) is 3.44. The van der Waals surface area contributed by atoms with Crippen LogP contribution < -0.4 is 0 Å². The Hall–Kier alpha value is -1.32. The van der Waals surface area contributed by atoms with Gasteiger partial charge < -0.3 is 45.6 Å². The minimum absolute atomic E-state index is 0. The average molecular weight is 556 g/mol. The fourth-order valence-electron chi connectivity index (χ4n) is 2.18. The maximum atomic E-state index is 4.39. The van der Waals surface area contributed by atoms with E-state index in [1.54, 1.807) is 0 Å². The topological polar surface area (TPSA) is 89.1 Å². The summed E-state index contributed by atoms with van der Waals surface area (Å²) in [6.07, 6.45) is 0. The normalized spacial score (nSPS) is 12.2. The van der Waals surface area contributed by atoms with Crippen LogP contribution in [0.2, 0.25) is 0 Å². The van der Waals surface area contributed by atoms with Crippen LogP contribution in [0, 0.1) is 0 Å². The molecule has 0 atom stereocenters. The summed E-state index contributed by atoms with van der Waals surface area (Å²) in [7, 11) is 11.8. The van der Waals surface area contributed by atoms with E-state index in [4.69, 9.17) is 0 Å². The molecule has 0 amide bonds. The van der Waals surface area contributed by atoms with Crippen LogP contribution in [-0.2, 0) is 25.8 Å². The average Bonchev–Trinajstić information content (AvgIpc) is 2.65. The standard InChI is InChI=1S/3C9H20N3.Sc/c3*1-7(2)10-9(12(5)6)11-8(3)4;/h3*7-8H,1-6H3;/q3*-1;+3. The van der Waals surface area contributed by atoms with Crippen molar-refractivity contribution in [2.24, 2.45) is 15.0 Å². The van der Waals surface area contributed by atoms with Gasteiger partial charge in [-0.05, 0) is 78.5 Å². The Balaban J connectivity index is -0.000000218. The van der Waals surface area contributed by atoms with Crippen LogP contribution in [0.15, 0.2) is 15.0 Å². The molecule has 0 fully saturated rings. The molecular weight excluding hydrogens is 495 g/mol. The molecular formula is C27H60N9Sc. The molecule has 0 aliphatic rings. The quantitative estimate of drug-likeness (QED) is 0.285. The summed E-state index contributed by atoms with van der Waals surface area (Å²) >= 11 is 0. The fourth-order valence-corrected chi connectivity index (χ4v) is 2.18. The van der Waals surface area contributed by atoms with E-state index in [-0.39, 0.29) is 25.8 Å². The summed E-state index contributed by atoms with van der Waals surface area (Å²) in [5, 5.41) is 13.2. The smallest absolute Gasteiger partial charge is 0.432 e. The molecule has 0 saturated heterocycles. The van der Waals surface area contributed by atoms with E-state index in [0.717, 1.165) is 17.9 Å². The van der Waals surface area contributed by atoms with Gasteiger partial charge in [0.05, 0.1) is 0 Å². The number of rotatable bonds is 6. The van der Waals surface area contributed by atoms with Crippen molar-refractivity contribution in [3.63, 3.8) is 0 Å². The van der Waals surface area contributed by atoms with Gasteiger partial charge in [-0.25, -0.2) is 0 Å². The molecule has 0 aromatic rings. The number of hydrogen-bond donors (Lipinski definition) is 0. The number of nitrogens with zero attached hydrogens (tertiary/aromatic N) is 9. The summed E-state index contributed by atoms with van der Waals surface area (Å²) in [5.74, 6) is 2.50. The Bertz CT molecular complexity index is 536. The predicted molar refractivity (Wildman–Crippen MR) is 164 cm³/mol. The molecule has 0 radical (unpaired) electrons. The van der Waals surface area contributed by atoms with Crippen LogP contribution in [0.4, 0.5) is 0 Å². The summed E-state index contributed by atoms with van der Waals surface area (Å²) < 4.78 is 0. The number of hydrogen-bond acceptors (Lipinski definition) is 3. The van der Waals surface area contributed by atoms with Crippen LogP contribution in [0.1, 0.15) is 83.1 Å². The summed E-state index contributed by atoms with van der Waals surface area (Å²) in [4.78, 5) is 19.0. The molecule has 0 heterocycles. The van der Waals surface area contributed by atoms with Gasteiger partial charge in [0.1, 0.15) is 0 Å². The van der Waals surface area contributed by atoms with Gasteiger partial charge in [-0.3, -0.25) is 0 Å². The number of guanidine groups is 3. The van der Waals surface area contributed by atoms with Crippen molar-refractivity contribution < 1.29 is 25.8 Å². The molecule has 216 valence electrons. The number of aliphatic imine (C=N–C) groups is 3. The first-order valence-electron chi connectivity index (χ1n) is 13.2. The molecule has 0 aromatic carbocycles. The van der Waals surface area contributed by atoms with Crippen LogP contribution in [0.3, 0.4) is 0 Å². The van der Waals surface area contributed by atoms with E-state index in [1.807, 2.05) is 57.0 Å². The van der Waals surface area contributed by atoms with Crippen molar-refractivity contribution in [2.75, 3.05) is 42.3 Å². The maximum absolute atomic E-state index is 4.39. The molecule has 37 heavy (non-hydrogen) atoms. The molecule has 10 heteroatoms. The fraction of sp³-hybridized carbons (Fsp3) is 0.889. The van der Waals surface area contributed by atoms with E-state index in [9.17, 15) is 0 Å². The molecule has 0 aliphatic carbocycles. The monoisotopic (exact) mass is 555 g/mol. The van der Waals surface area contributed by atoms with Crippen molar-refractivity contribution in [1.82, 2.24) is 14.7 Å². The van der Waals surface area contributed by atoms with E-state index in [1.165, 1.54) is 0 Å². The zero-order valence-electron chi connectivity index (χ0n) is 27.6. The first kappa shape index (κ1) is 42.8. The van der Waals surface area contributed by atoms with Crippen LogP contribution in [0.5, 0.6) is 0 Å². The van der Waals surface area contributed by atoms with Gasteiger partial charge in [-0.15, -0.1) is 0 Å². The minimum atomic E-state index is 0. The van der Waals surface area contributed by atoms with Gasteiger partial charge in [0.25, 0.3) is 0 Å². The second kappa shape index (κ2) is 23.8. The first-order valence-corrected chi connectivity index (χ1v) is 13.2. The molecule has 0 rings (SSSR count). The van der Waals surface area contributed by atoms with E-state index in [0.29, 0.717) is 36.3 Å². The summed E-state index contributed by atoms with van der Waals surface area (Å²) in [6, 6.07) is 1.86. The minimum Gasteiger partial charge on any atom is -0.432 e. The van der Waals surface area contributed by atoms with Gasteiger partial charge in [0.15, 0.2) is 0 Å². The summed E-state index contributed by atoms with van der Waals surface area (Å²) in [5.41, 5.74) is 0. The van der Waals surface area contributed by atoms with Crippen molar-refractivity contribution >= 4 is 17.9 Å². The van der Waals surface area contributed by atoms with Gasteiger partial charge in [0.2, 0.25) is 0 Å². The molecule has 0 aromatic heterocycles. The Morgan fingerprint density at radius 3 is 0.649 bits per heavy atom. The van der Waals surface area contributed by atoms with E-state index in [2.05, 4.69) is 114 Å². The Morgan fingerprint density at radius 1 is 0.405 bits per heavy atom. The van der Waals surface area contributed by atoms with Crippen LogP contribution in [-0.4, -0.2) is 111 Å². The second-order valence-corrected chi connectivity index (χ2v) is 10.9. The second-order valence-electron chi connectivity index (χ2n) is 10.9. The third kappa shape index (κ3) is 30.8. The molecule has 0 aliphatic heterocycles. The summed E-state index contributed by atoms with van der Waals surface area (Å²) in [6.45, 7) is 24.7. The van der Waals surface area contributed by atoms with Crippen LogP contribution in [0.25, 0.3) is 16.0 Å². The van der Waals surface area contributed by atoms with Gasteiger partial charge in [0, 0.05) is 17.9 Å². The molecule has 9 nitrogen and oxygen atoms in total. The molecule has 0 unspecified atom stereocenters. The molecule has 0 N–H and O–H groups in total. The Morgan fingerprint density at radius 2 is 0.568 bits per heavy atom. The van der Waals surface area contributed by atoms with Gasteiger partial charge in [-0.2, -0.15) is 0 Å². The largest absolute Gasteiger partial charge is 3.00 e. The molecule has 0 bridgehead atoms. The zero-order valence-corrected chi connectivity index (χ0v) is 29.4. The van der Waals surface area contributed by atoms with Crippen LogP contribution >= 0.6 is 0 Å². The van der Waals surface area contributed by atoms with Gasteiger partial charge >= 0.3 is 25.8 Å². The van der Waals surface area contributed by atoms with E-state index < -0.39 is 0 Å². The van der Waals surface area contributed by atoms with Crippen molar-refractivity contribution in [3.8, 4) is 0 Å². The Kier molecular flexibility index (Phi) is 27.5. The maximum Gasteiger partial charge on any atom is 3.00 e.